The van der Waals surface area contributed by atoms with Crippen LogP contribution in [0.5, 0.6) is 0 Å². The molecular weight excluding hydrogens is 282 g/mol. The van der Waals surface area contributed by atoms with Gasteiger partial charge in [-0.2, -0.15) is 0 Å². The zero-order chi connectivity index (χ0) is 15.7. The summed E-state index contributed by atoms with van der Waals surface area (Å²) < 4.78 is 5.55. The van der Waals surface area contributed by atoms with Crippen molar-refractivity contribution in [2.75, 3.05) is 0 Å². The number of furan rings is 1. The van der Waals surface area contributed by atoms with E-state index in [1.165, 1.54) is 5.56 Å². The highest BCUT2D eigenvalue weighted by molar-refractivity contribution is 5.97. The summed E-state index contributed by atoms with van der Waals surface area (Å²) in [5.74, 6) is -0.769. The van der Waals surface area contributed by atoms with Gasteiger partial charge in [0.1, 0.15) is 11.3 Å². The summed E-state index contributed by atoms with van der Waals surface area (Å²) in [6.07, 6.45) is 1.88. The Morgan fingerprint density at radius 2 is 1.86 bits per heavy atom. The van der Waals surface area contributed by atoms with Gasteiger partial charge in [-0.25, -0.2) is 4.79 Å². The van der Waals surface area contributed by atoms with Gasteiger partial charge in [0.15, 0.2) is 5.76 Å². The lowest BCUT2D eigenvalue weighted by molar-refractivity contribution is -0.140. The molecule has 0 radical (unpaired) electrons. The van der Waals surface area contributed by atoms with E-state index in [0.29, 0.717) is 18.6 Å². The van der Waals surface area contributed by atoms with E-state index >= 15 is 0 Å². The number of nitrogens with one attached hydrogen (secondary N) is 1. The van der Waals surface area contributed by atoms with E-state index in [4.69, 9.17) is 9.52 Å². The van der Waals surface area contributed by atoms with Gasteiger partial charge in [-0.1, -0.05) is 31.2 Å². The van der Waals surface area contributed by atoms with Crippen molar-refractivity contribution in [2.45, 2.75) is 31.7 Å². The minimum absolute atomic E-state index is 0.127. The average molecular weight is 299 g/mol. The highest BCUT2D eigenvalue weighted by Gasteiger charge is 2.52. The summed E-state index contributed by atoms with van der Waals surface area (Å²) >= 11 is 0. The van der Waals surface area contributed by atoms with E-state index in [1.807, 2.05) is 24.3 Å². The van der Waals surface area contributed by atoms with Crippen molar-refractivity contribution in [3.63, 3.8) is 0 Å². The first-order chi connectivity index (χ1) is 10.5. The van der Waals surface area contributed by atoms with E-state index in [9.17, 15) is 9.59 Å². The number of carbonyl (C=O) groups excluding carboxylic acids is 1. The van der Waals surface area contributed by atoms with Gasteiger partial charge in [0.2, 0.25) is 0 Å². The highest BCUT2D eigenvalue weighted by Crippen LogP contribution is 2.36. The van der Waals surface area contributed by atoms with Crippen molar-refractivity contribution < 1.29 is 19.1 Å². The van der Waals surface area contributed by atoms with Crippen LogP contribution in [0.15, 0.2) is 40.8 Å². The number of aryl methyl sites for hydroxylation is 1. The molecule has 2 aromatic rings. The molecule has 3 rings (SSSR count). The van der Waals surface area contributed by atoms with Crippen LogP contribution in [-0.2, 0) is 11.2 Å². The molecule has 5 nitrogen and oxygen atoms in total. The topological polar surface area (TPSA) is 79.5 Å². The van der Waals surface area contributed by atoms with Crippen LogP contribution >= 0.6 is 0 Å². The molecular formula is C17H17NO4. The first-order valence-corrected chi connectivity index (χ1v) is 7.29. The molecule has 0 aliphatic heterocycles. The fourth-order valence-electron chi connectivity index (χ4n) is 2.32. The molecule has 1 aliphatic carbocycles. The molecule has 1 heterocycles. The van der Waals surface area contributed by atoms with Crippen molar-refractivity contribution in [1.82, 2.24) is 5.32 Å². The predicted molar refractivity (Wildman–Crippen MR) is 80.6 cm³/mol. The molecule has 114 valence electrons. The molecule has 1 amide bonds. The fourth-order valence-corrected chi connectivity index (χ4v) is 2.32. The summed E-state index contributed by atoms with van der Waals surface area (Å²) in [5, 5.41) is 11.6. The van der Waals surface area contributed by atoms with E-state index in [1.54, 1.807) is 12.1 Å². The maximum Gasteiger partial charge on any atom is 0.329 e. The minimum atomic E-state index is -1.10. The molecule has 1 fully saturated rings. The molecule has 0 saturated heterocycles. The van der Waals surface area contributed by atoms with E-state index in [-0.39, 0.29) is 5.76 Å². The Balaban J connectivity index is 1.75. The van der Waals surface area contributed by atoms with Crippen LogP contribution in [0.3, 0.4) is 0 Å². The number of carboxylic acids is 1. The average Bonchev–Trinajstić information content (AvgIpc) is 3.14. The first-order valence-electron chi connectivity index (χ1n) is 7.29. The van der Waals surface area contributed by atoms with Crippen LogP contribution in [0, 0.1) is 0 Å². The maximum absolute atomic E-state index is 12.1. The summed E-state index contributed by atoms with van der Waals surface area (Å²) in [6, 6.07) is 11.2. The number of rotatable bonds is 5. The molecule has 0 bridgehead atoms. The molecule has 1 aromatic heterocycles. The number of amides is 1. The SMILES string of the molecule is CCc1ccc(-c2ccc(C(=O)NC3(C(=O)O)CC3)o2)cc1. The molecule has 1 aliphatic rings. The first kappa shape index (κ1) is 14.4. The normalized spacial score (nSPS) is 15.3. The van der Waals surface area contributed by atoms with Gasteiger partial charge >= 0.3 is 5.97 Å². The summed E-state index contributed by atoms with van der Waals surface area (Å²) in [5.41, 5.74) is 1.01. The molecule has 1 aromatic carbocycles. The maximum atomic E-state index is 12.1. The Morgan fingerprint density at radius 3 is 2.41 bits per heavy atom. The van der Waals surface area contributed by atoms with Crippen LogP contribution in [0.1, 0.15) is 35.9 Å². The number of hydrogen-bond acceptors (Lipinski definition) is 3. The standard InChI is InChI=1S/C17H17NO4/c1-2-11-3-5-12(6-4-11)13-7-8-14(22-13)15(19)18-17(9-10-17)16(20)21/h3-8H,2,9-10H2,1H3,(H,18,19)(H,20,21). The van der Waals surface area contributed by atoms with Crippen molar-refractivity contribution in [1.29, 1.82) is 0 Å². The number of benzene rings is 1. The molecule has 0 atom stereocenters. The lowest BCUT2D eigenvalue weighted by Gasteiger charge is -2.10. The lowest BCUT2D eigenvalue weighted by atomic mass is 10.1. The second kappa shape index (κ2) is 5.33. The molecule has 0 unspecified atom stereocenters. The van der Waals surface area contributed by atoms with Gasteiger partial charge in [-0.3, -0.25) is 4.79 Å². The van der Waals surface area contributed by atoms with Crippen LogP contribution in [-0.4, -0.2) is 22.5 Å². The third-order valence-corrected chi connectivity index (χ3v) is 3.99. The zero-order valence-electron chi connectivity index (χ0n) is 12.3. The monoisotopic (exact) mass is 299 g/mol. The number of hydrogen-bond donors (Lipinski definition) is 2. The summed E-state index contributed by atoms with van der Waals surface area (Å²) in [7, 11) is 0. The second-order valence-corrected chi connectivity index (χ2v) is 5.56. The van der Waals surface area contributed by atoms with E-state index in [2.05, 4.69) is 12.2 Å². The molecule has 1 saturated carbocycles. The fraction of sp³-hybridized carbons (Fsp3) is 0.294. The summed E-state index contributed by atoms with van der Waals surface area (Å²) in [6.45, 7) is 2.08. The van der Waals surface area contributed by atoms with Gasteiger partial charge in [-0.05, 0) is 37.0 Å². The van der Waals surface area contributed by atoms with Crippen molar-refractivity contribution in [3.05, 3.63) is 47.7 Å². The third kappa shape index (κ3) is 2.62. The van der Waals surface area contributed by atoms with Gasteiger partial charge in [0, 0.05) is 5.56 Å². The van der Waals surface area contributed by atoms with Crippen LogP contribution < -0.4 is 5.32 Å². The van der Waals surface area contributed by atoms with Crippen molar-refractivity contribution >= 4 is 11.9 Å². The zero-order valence-corrected chi connectivity index (χ0v) is 12.3. The summed E-state index contributed by atoms with van der Waals surface area (Å²) in [4.78, 5) is 23.2. The Labute approximate surface area is 127 Å². The minimum Gasteiger partial charge on any atom is -0.480 e. The number of aliphatic carboxylic acids is 1. The quantitative estimate of drug-likeness (QED) is 0.889. The molecule has 22 heavy (non-hydrogen) atoms. The van der Waals surface area contributed by atoms with Gasteiger partial charge in [0.05, 0.1) is 0 Å². The largest absolute Gasteiger partial charge is 0.480 e. The van der Waals surface area contributed by atoms with Crippen LogP contribution in [0.2, 0.25) is 0 Å². The van der Waals surface area contributed by atoms with Gasteiger partial charge in [-0.15, -0.1) is 0 Å². The van der Waals surface area contributed by atoms with Gasteiger partial charge in [0.25, 0.3) is 5.91 Å². The third-order valence-electron chi connectivity index (χ3n) is 3.99. The second-order valence-electron chi connectivity index (χ2n) is 5.56. The van der Waals surface area contributed by atoms with Crippen LogP contribution in [0.4, 0.5) is 0 Å². The Kier molecular flexibility index (Phi) is 3.48. The number of carboxylic acid groups (broad SMARTS) is 1. The Bertz CT molecular complexity index is 711. The van der Waals surface area contributed by atoms with E-state index < -0.39 is 17.4 Å². The lowest BCUT2D eigenvalue weighted by Crippen LogP contribution is -2.42. The predicted octanol–water partition coefficient (Wildman–Crippen LogP) is 2.86. The van der Waals surface area contributed by atoms with Crippen molar-refractivity contribution in [3.8, 4) is 11.3 Å². The van der Waals surface area contributed by atoms with Crippen LogP contribution in [0.25, 0.3) is 11.3 Å². The van der Waals surface area contributed by atoms with E-state index in [0.717, 1.165) is 12.0 Å². The Morgan fingerprint density at radius 1 is 1.18 bits per heavy atom. The molecule has 5 heteroatoms. The number of carbonyl (C=O) groups is 2. The highest BCUT2D eigenvalue weighted by atomic mass is 16.4. The van der Waals surface area contributed by atoms with Gasteiger partial charge < -0.3 is 14.8 Å². The molecule has 2 N–H and O–H groups in total. The van der Waals surface area contributed by atoms with Crippen molar-refractivity contribution in [2.24, 2.45) is 0 Å². The molecule has 0 spiro atoms. The Hall–Kier alpha value is -2.56. The smallest absolute Gasteiger partial charge is 0.329 e.